The summed E-state index contributed by atoms with van der Waals surface area (Å²) in [6.07, 6.45) is 2.15. The predicted octanol–water partition coefficient (Wildman–Crippen LogP) is 4.94. The molecule has 0 atom stereocenters. The Morgan fingerprint density at radius 3 is 2.41 bits per heavy atom. The lowest BCUT2D eigenvalue weighted by Crippen LogP contribution is -2.20. The molecule has 27 heavy (non-hydrogen) atoms. The highest BCUT2D eigenvalue weighted by atomic mass is 19.1. The third-order valence-electron chi connectivity index (χ3n) is 4.59. The maximum Gasteiger partial charge on any atom is 0.341 e. The number of fused-ring (bicyclic) bond motifs is 1. The summed E-state index contributed by atoms with van der Waals surface area (Å²) in [7, 11) is 0. The molecule has 4 nitrogen and oxygen atoms in total. The van der Waals surface area contributed by atoms with E-state index in [1.54, 1.807) is 22.8 Å². The van der Waals surface area contributed by atoms with E-state index in [2.05, 4.69) is 20.8 Å². The van der Waals surface area contributed by atoms with Crippen LogP contribution >= 0.6 is 0 Å². The number of nitrogens with zero attached hydrogens (tertiary/aromatic N) is 1. The number of carbonyl (C=O) groups is 1. The van der Waals surface area contributed by atoms with Gasteiger partial charge in [-0.2, -0.15) is 0 Å². The second kappa shape index (κ2) is 6.99. The van der Waals surface area contributed by atoms with Gasteiger partial charge in [-0.25, -0.2) is 9.18 Å². The molecule has 0 aliphatic rings. The Hall–Kier alpha value is -2.95. The summed E-state index contributed by atoms with van der Waals surface area (Å²) < 4.78 is 16.5. The molecule has 0 amide bonds. The molecule has 0 unspecified atom stereocenters. The number of halogens is 1. The molecule has 140 valence electrons. The van der Waals surface area contributed by atoms with Gasteiger partial charge in [-0.15, -0.1) is 0 Å². The number of carboxylic acids is 1. The zero-order chi connectivity index (χ0) is 19.8. The van der Waals surface area contributed by atoms with E-state index < -0.39 is 17.2 Å². The Morgan fingerprint density at radius 2 is 1.81 bits per heavy atom. The first-order chi connectivity index (χ1) is 12.7. The van der Waals surface area contributed by atoms with Gasteiger partial charge in [0.1, 0.15) is 11.4 Å². The van der Waals surface area contributed by atoms with Crippen molar-refractivity contribution >= 4 is 16.9 Å². The first-order valence-corrected chi connectivity index (χ1v) is 8.83. The number of aromatic nitrogens is 1. The van der Waals surface area contributed by atoms with E-state index in [-0.39, 0.29) is 16.4 Å². The number of hydrogen-bond donors (Lipinski definition) is 1. The molecule has 0 bridgehead atoms. The monoisotopic (exact) mass is 367 g/mol. The van der Waals surface area contributed by atoms with Crippen LogP contribution in [0.2, 0.25) is 0 Å². The van der Waals surface area contributed by atoms with E-state index in [0.717, 1.165) is 12.5 Å². The highest BCUT2D eigenvalue weighted by Crippen LogP contribution is 2.28. The molecule has 0 aliphatic carbocycles. The second-order valence-electron chi connectivity index (χ2n) is 7.90. The molecule has 0 spiro atoms. The average Bonchev–Trinajstić information content (AvgIpc) is 2.60. The van der Waals surface area contributed by atoms with Crippen LogP contribution in [0.3, 0.4) is 0 Å². The van der Waals surface area contributed by atoms with E-state index in [1.165, 1.54) is 6.20 Å². The first kappa shape index (κ1) is 18.8. The van der Waals surface area contributed by atoms with Gasteiger partial charge in [-0.3, -0.25) is 4.79 Å². The number of aryl methyl sites for hydroxylation is 1. The number of rotatable bonds is 4. The van der Waals surface area contributed by atoms with E-state index in [9.17, 15) is 19.1 Å². The van der Waals surface area contributed by atoms with Crippen LogP contribution in [0.4, 0.5) is 4.39 Å². The van der Waals surface area contributed by atoms with Gasteiger partial charge in [-0.05, 0) is 29.5 Å². The smallest absolute Gasteiger partial charge is 0.341 e. The maximum absolute atomic E-state index is 14.7. The number of hydrogen-bond acceptors (Lipinski definition) is 2. The Labute approximate surface area is 156 Å². The molecule has 3 rings (SSSR count). The normalized spacial score (nSPS) is 11.7. The van der Waals surface area contributed by atoms with Crippen LogP contribution in [-0.2, 0) is 6.54 Å². The fraction of sp³-hybridized carbons (Fsp3) is 0.273. The quantitative estimate of drug-likeness (QED) is 0.710. The predicted molar refractivity (Wildman–Crippen MR) is 105 cm³/mol. The molecule has 0 fully saturated rings. The van der Waals surface area contributed by atoms with E-state index in [1.807, 2.05) is 18.2 Å². The molecule has 2 aromatic carbocycles. The molecular weight excluding hydrogens is 345 g/mol. The molecule has 0 radical (unpaired) electrons. The maximum atomic E-state index is 14.7. The van der Waals surface area contributed by atoms with Crippen LogP contribution in [0.1, 0.15) is 37.6 Å². The van der Waals surface area contributed by atoms with Gasteiger partial charge < -0.3 is 9.67 Å². The van der Waals surface area contributed by atoms with Crippen molar-refractivity contribution in [3.63, 3.8) is 0 Å². The molecule has 5 heteroatoms. The molecule has 0 saturated heterocycles. The first-order valence-electron chi connectivity index (χ1n) is 8.83. The van der Waals surface area contributed by atoms with Crippen molar-refractivity contribution in [3.05, 3.63) is 70.3 Å². The standard InChI is InChI=1S/C22H22FNO3/c1-22(2,3)9-10-24-13-17(21(26)27)20(25)16-11-18(23)15(12-19(16)24)14-7-5-4-6-8-14/h4-8,11-13H,9-10H2,1-3H3,(H,26,27). The van der Waals surface area contributed by atoms with Crippen LogP contribution in [0.25, 0.3) is 22.0 Å². The minimum absolute atomic E-state index is 0.0289. The Balaban J connectivity index is 2.28. The number of carboxylic acid groups (broad SMARTS) is 1. The number of pyridine rings is 1. The van der Waals surface area contributed by atoms with Crippen molar-refractivity contribution in [2.75, 3.05) is 0 Å². The Kier molecular flexibility index (Phi) is 4.87. The van der Waals surface area contributed by atoms with Crippen molar-refractivity contribution < 1.29 is 14.3 Å². The summed E-state index contributed by atoms with van der Waals surface area (Å²) in [4.78, 5) is 24.0. The average molecular weight is 367 g/mol. The molecule has 1 heterocycles. The van der Waals surface area contributed by atoms with Gasteiger partial charge in [0.05, 0.1) is 5.52 Å². The lowest BCUT2D eigenvalue weighted by molar-refractivity contribution is 0.0695. The third kappa shape index (κ3) is 3.92. The van der Waals surface area contributed by atoms with E-state index in [0.29, 0.717) is 23.2 Å². The lowest BCUT2D eigenvalue weighted by atomic mass is 9.92. The molecule has 3 aromatic rings. The van der Waals surface area contributed by atoms with Crippen LogP contribution in [0.15, 0.2) is 53.5 Å². The summed E-state index contributed by atoms with van der Waals surface area (Å²) in [5.74, 6) is -1.85. The lowest BCUT2D eigenvalue weighted by Gasteiger charge is -2.21. The summed E-state index contributed by atoms with van der Waals surface area (Å²) in [5.41, 5.74) is 0.645. The largest absolute Gasteiger partial charge is 0.477 e. The highest BCUT2D eigenvalue weighted by molar-refractivity contribution is 5.93. The van der Waals surface area contributed by atoms with Gasteiger partial charge >= 0.3 is 5.97 Å². The fourth-order valence-electron chi connectivity index (χ4n) is 3.04. The van der Waals surface area contributed by atoms with Gasteiger partial charge in [0.2, 0.25) is 5.43 Å². The van der Waals surface area contributed by atoms with Gasteiger partial charge in [0, 0.05) is 23.7 Å². The second-order valence-corrected chi connectivity index (χ2v) is 7.90. The highest BCUT2D eigenvalue weighted by Gasteiger charge is 2.19. The number of benzene rings is 2. The van der Waals surface area contributed by atoms with E-state index >= 15 is 0 Å². The van der Waals surface area contributed by atoms with E-state index in [4.69, 9.17) is 0 Å². The molecule has 0 aliphatic heterocycles. The van der Waals surface area contributed by atoms with Crippen LogP contribution < -0.4 is 5.43 Å². The molecule has 1 N–H and O–H groups in total. The van der Waals surface area contributed by atoms with Crippen LogP contribution in [-0.4, -0.2) is 15.6 Å². The SMILES string of the molecule is CC(C)(C)CCn1cc(C(=O)O)c(=O)c2cc(F)c(-c3ccccc3)cc21. The van der Waals surface area contributed by atoms with Crippen LogP contribution in [0.5, 0.6) is 0 Å². The molecular formula is C22H22FNO3. The Morgan fingerprint density at radius 1 is 1.15 bits per heavy atom. The van der Waals surface area contributed by atoms with Crippen molar-refractivity contribution in [3.8, 4) is 11.1 Å². The van der Waals surface area contributed by atoms with Crippen molar-refractivity contribution in [1.29, 1.82) is 0 Å². The minimum atomic E-state index is -1.31. The molecule has 1 aromatic heterocycles. The zero-order valence-electron chi connectivity index (χ0n) is 15.6. The van der Waals surface area contributed by atoms with Crippen molar-refractivity contribution in [2.24, 2.45) is 5.41 Å². The van der Waals surface area contributed by atoms with Gasteiger partial charge in [0.15, 0.2) is 0 Å². The minimum Gasteiger partial charge on any atom is -0.477 e. The summed E-state index contributed by atoms with van der Waals surface area (Å²) >= 11 is 0. The van der Waals surface area contributed by atoms with Crippen molar-refractivity contribution in [1.82, 2.24) is 4.57 Å². The zero-order valence-corrected chi connectivity index (χ0v) is 15.6. The topological polar surface area (TPSA) is 59.3 Å². The summed E-state index contributed by atoms with van der Waals surface area (Å²) in [5, 5.41) is 9.46. The van der Waals surface area contributed by atoms with Crippen LogP contribution in [0, 0.1) is 11.2 Å². The fourth-order valence-corrected chi connectivity index (χ4v) is 3.04. The summed E-state index contributed by atoms with van der Waals surface area (Å²) in [6.45, 7) is 6.79. The number of aromatic carboxylic acids is 1. The Bertz CT molecular complexity index is 1060. The molecule has 0 saturated carbocycles. The summed E-state index contributed by atoms with van der Waals surface area (Å²) in [6, 6.07) is 11.9. The van der Waals surface area contributed by atoms with Gasteiger partial charge in [-0.1, -0.05) is 51.1 Å². The van der Waals surface area contributed by atoms with Gasteiger partial charge in [0.25, 0.3) is 0 Å². The van der Waals surface area contributed by atoms with Crippen molar-refractivity contribution in [2.45, 2.75) is 33.7 Å². The third-order valence-corrected chi connectivity index (χ3v) is 4.59.